The maximum atomic E-state index is 10.7. The van der Waals surface area contributed by atoms with E-state index in [1.54, 1.807) is 16.6 Å². The van der Waals surface area contributed by atoms with E-state index < -0.39 is 0 Å². The van der Waals surface area contributed by atoms with Crippen LogP contribution < -0.4 is 5.73 Å². The number of hydrogen-bond donors (Lipinski definition) is 1. The van der Waals surface area contributed by atoms with E-state index in [1.807, 2.05) is 55.6 Å². The molecule has 0 bridgehead atoms. The summed E-state index contributed by atoms with van der Waals surface area (Å²) in [6.07, 6.45) is 9.35. The van der Waals surface area contributed by atoms with Gasteiger partial charge in [0.1, 0.15) is 6.29 Å². The molecule has 3 rings (SSSR count). The molecule has 1 aliphatic rings. The zero-order valence-electron chi connectivity index (χ0n) is 14.7. The summed E-state index contributed by atoms with van der Waals surface area (Å²) in [4.78, 5) is 15.5. The van der Waals surface area contributed by atoms with Crippen molar-refractivity contribution >= 4 is 31.6 Å². The summed E-state index contributed by atoms with van der Waals surface area (Å²) in [5.74, 6) is 0. The zero-order valence-corrected chi connectivity index (χ0v) is 14.7. The van der Waals surface area contributed by atoms with E-state index in [9.17, 15) is 4.79 Å². The number of allylic oxidation sites excluding steroid dienone is 3. The van der Waals surface area contributed by atoms with Crippen LogP contribution in [0.3, 0.4) is 0 Å². The number of carbonyl (C=O) groups excluding carboxylic acids is 1. The molecule has 1 aliphatic heterocycles. The van der Waals surface area contributed by atoms with Gasteiger partial charge in [0.2, 0.25) is 7.98 Å². The van der Waals surface area contributed by atoms with E-state index in [4.69, 9.17) is 18.7 Å². The van der Waals surface area contributed by atoms with Crippen molar-refractivity contribution in [3.05, 3.63) is 82.8 Å². The fourth-order valence-corrected chi connectivity index (χ4v) is 2.96. The molecular weight excluding hydrogens is 321 g/mol. The molecule has 128 valence electrons. The molecule has 0 atom stereocenters. The van der Waals surface area contributed by atoms with Crippen LogP contribution in [0.25, 0.3) is 11.6 Å². The van der Waals surface area contributed by atoms with Gasteiger partial charge in [0, 0.05) is 16.8 Å². The molecule has 0 aliphatic carbocycles. The van der Waals surface area contributed by atoms with E-state index in [1.165, 1.54) is 0 Å². The van der Waals surface area contributed by atoms with E-state index in [-0.39, 0.29) is 0 Å². The second kappa shape index (κ2) is 7.98. The Labute approximate surface area is 154 Å². The molecule has 2 aromatic rings. The number of carbonyl (C=O) groups is 1. The Morgan fingerprint density at radius 1 is 1.19 bits per heavy atom. The number of benzene rings is 1. The third-order valence-corrected chi connectivity index (χ3v) is 4.27. The number of nitrogens with two attached hydrogens (primary N) is 1. The molecule has 1 aromatic heterocycles. The summed E-state index contributed by atoms with van der Waals surface area (Å²) in [5.41, 5.74) is 12.3. The summed E-state index contributed by atoms with van der Waals surface area (Å²) >= 11 is 0. The van der Waals surface area contributed by atoms with Crippen LogP contribution in [0.2, 0.25) is 0 Å². The highest BCUT2D eigenvalue weighted by atomic mass is 16.1. The predicted molar refractivity (Wildman–Crippen MR) is 108 cm³/mol. The van der Waals surface area contributed by atoms with Crippen molar-refractivity contribution in [2.45, 2.75) is 13.3 Å². The smallest absolute Gasteiger partial charge is 0.234 e. The molecule has 0 fully saturated rings. The molecule has 5 heteroatoms. The van der Waals surface area contributed by atoms with Gasteiger partial charge in [-0.3, -0.25) is 4.79 Å². The van der Waals surface area contributed by atoms with Crippen molar-refractivity contribution in [1.82, 2.24) is 4.48 Å². The van der Waals surface area contributed by atoms with Crippen LogP contribution in [0.5, 0.6) is 0 Å². The van der Waals surface area contributed by atoms with Crippen LogP contribution in [0.4, 0.5) is 0 Å². The lowest BCUT2D eigenvalue weighted by Crippen LogP contribution is -2.05. The quantitative estimate of drug-likeness (QED) is 0.647. The van der Waals surface area contributed by atoms with Crippen LogP contribution in [0.1, 0.15) is 35.0 Å². The van der Waals surface area contributed by atoms with Gasteiger partial charge in [-0.25, -0.2) is 4.99 Å². The average molecular weight is 341 g/mol. The van der Waals surface area contributed by atoms with Gasteiger partial charge in [0.05, 0.1) is 11.4 Å². The molecular formula is C21H20BN3O. The van der Waals surface area contributed by atoms with Gasteiger partial charge < -0.3 is 10.2 Å². The van der Waals surface area contributed by atoms with Gasteiger partial charge in [-0.2, -0.15) is 0 Å². The number of nitrogens with zero attached hydrogens (tertiary/aromatic N) is 2. The SMILES string of the molecule is [B]n1cccc1/C(CCN)=C1N=C(/C=C/c2ccc(C=O)cc2)C=C\1C. The standard InChI is InChI=1S/C21H20BN3O/c1-15-13-18(9-8-16-4-6-17(14-26)7-5-16)24-21(15)19(10-11-23)20-3-2-12-25(20)22/h2-9,12-14H,10-11,23H2,1H3/b9-8+,21-19-. The van der Waals surface area contributed by atoms with E-state index in [0.717, 1.165) is 40.1 Å². The first-order valence-electron chi connectivity index (χ1n) is 8.49. The average Bonchev–Trinajstić information content (AvgIpc) is 3.24. The second-order valence-electron chi connectivity index (χ2n) is 6.15. The van der Waals surface area contributed by atoms with Crippen LogP contribution in [0, 0.1) is 0 Å². The second-order valence-corrected chi connectivity index (χ2v) is 6.15. The Hall–Kier alpha value is -2.92. The molecule has 2 radical (unpaired) electrons. The van der Waals surface area contributed by atoms with Crippen LogP contribution in [-0.2, 0) is 0 Å². The largest absolute Gasteiger partial charge is 0.403 e. The van der Waals surface area contributed by atoms with Crippen molar-refractivity contribution in [2.24, 2.45) is 10.7 Å². The lowest BCUT2D eigenvalue weighted by Gasteiger charge is -2.11. The van der Waals surface area contributed by atoms with E-state index in [2.05, 4.69) is 0 Å². The highest BCUT2D eigenvalue weighted by molar-refractivity contribution is 6.11. The van der Waals surface area contributed by atoms with E-state index >= 15 is 0 Å². The Balaban J connectivity index is 1.91. The van der Waals surface area contributed by atoms with Gasteiger partial charge in [-0.05, 0) is 61.5 Å². The first-order chi connectivity index (χ1) is 12.6. The maximum Gasteiger partial charge on any atom is 0.234 e. The molecule has 0 spiro atoms. The monoisotopic (exact) mass is 341 g/mol. The van der Waals surface area contributed by atoms with Crippen LogP contribution >= 0.6 is 0 Å². The fraction of sp³-hybridized carbons (Fsp3) is 0.143. The zero-order chi connectivity index (χ0) is 18.5. The molecule has 1 aromatic carbocycles. The third-order valence-electron chi connectivity index (χ3n) is 4.27. The molecule has 2 N–H and O–H groups in total. The Bertz CT molecular complexity index is 930. The summed E-state index contributed by atoms with van der Waals surface area (Å²) in [5, 5.41) is 0. The Morgan fingerprint density at radius 3 is 2.54 bits per heavy atom. The maximum absolute atomic E-state index is 10.7. The van der Waals surface area contributed by atoms with Crippen molar-refractivity contribution < 1.29 is 4.79 Å². The van der Waals surface area contributed by atoms with Crippen molar-refractivity contribution in [3.63, 3.8) is 0 Å². The third kappa shape index (κ3) is 3.84. The summed E-state index contributed by atoms with van der Waals surface area (Å²) in [7, 11) is 6.01. The topological polar surface area (TPSA) is 60.4 Å². The Morgan fingerprint density at radius 2 is 1.92 bits per heavy atom. The molecule has 4 nitrogen and oxygen atoms in total. The lowest BCUT2D eigenvalue weighted by atomic mass is 10.0. The molecule has 26 heavy (non-hydrogen) atoms. The van der Waals surface area contributed by atoms with Crippen molar-refractivity contribution in [2.75, 3.05) is 6.54 Å². The molecule has 2 heterocycles. The first-order valence-corrected chi connectivity index (χ1v) is 8.49. The molecule has 0 unspecified atom stereocenters. The van der Waals surface area contributed by atoms with Crippen LogP contribution in [-0.4, -0.2) is 31.0 Å². The molecule has 0 saturated carbocycles. The number of hydrogen-bond acceptors (Lipinski definition) is 3. The van der Waals surface area contributed by atoms with Gasteiger partial charge in [0.15, 0.2) is 0 Å². The minimum atomic E-state index is 0.529. The normalized spacial score (nSPS) is 15.9. The first kappa shape index (κ1) is 17.9. The summed E-state index contributed by atoms with van der Waals surface area (Å²) in [6.45, 7) is 2.57. The minimum absolute atomic E-state index is 0.529. The number of aldehydes is 1. The van der Waals surface area contributed by atoms with Gasteiger partial charge >= 0.3 is 0 Å². The summed E-state index contributed by atoms with van der Waals surface area (Å²) < 4.78 is 1.60. The van der Waals surface area contributed by atoms with E-state index in [0.29, 0.717) is 18.5 Å². The lowest BCUT2D eigenvalue weighted by molar-refractivity contribution is 0.112. The minimum Gasteiger partial charge on any atom is -0.403 e. The highest BCUT2D eigenvalue weighted by Crippen LogP contribution is 2.30. The summed E-state index contributed by atoms with van der Waals surface area (Å²) in [6, 6.07) is 11.3. The number of aliphatic imine (C=N–C) groups is 1. The fourth-order valence-electron chi connectivity index (χ4n) is 2.96. The Kier molecular flexibility index (Phi) is 5.49. The van der Waals surface area contributed by atoms with Crippen LogP contribution in [0.15, 0.2) is 71.0 Å². The molecule has 0 amide bonds. The highest BCUT2D eigenvalue weighted by Gasteiger charge is 2.16. The molecule has 0 saturated heterocycles. The van der Waals surface area contributed by atoms with Gasteiger partial charge in [0.25, 0.3) is 0 Å². The predicted octanol–water partition coefficient (Wildman–Crippen LogP) is 3.41. The number of rotatable bonds is 6. The number of aromatic nitrogens is 1. The van der Waals surface area contributed by atoms with Crippen molar-refractivity contribution in [3.8, 4) is 0 Å². The van der Waals surface area contributed by atoms with Gasteiger partial charge in [-0.1, -0.05) is 30.3 Å². The van der Waals surface area contributed by atoms with Gasteiger partial charge in [-0.15, -0.1) is 0 Å². The van der Waals surface area contributed by atoms with Crippen molar-refractivity contribution in [1.29, 1.82) is 0 Å².